The third kappa shape index (κ3) is 9.39. The van der Waals surface area contributed by atoms with Gasteiger partial charge in [0.05, 0.1) is 0 Å². The van der Waals surface area contributed by atoms with E-state index in [9.17, 15) is 13.7 Å². The van der Waals surface area contributed by atoms with Crippen LogP contribution in [0.2, 0.25) is 0 Å². The molecular formula is C30H42AlO6P3. The maximum Gasteiger partial charge on any atom is 0.922 e. The highest BCUT2D eigenvalue weighted by molar-refractivity contribution is 7.71. The van der Waals surface area contributed by atoms with Crippen LogP contribution in [0.25, 0.3) is 0 Å². The minimum Gasteiger partial charge on any atom is -0.402 e. The molecule has 0 aliphatic heterocycles. The lowest BCUT2D eigenvalue weighted by Crippen LogP contribution is -2.31. The molecule has 0 saturated heterocycles. The summed E-state index contributed by atoms with van der Waals surface area (Å²) in [5.41, 5.74) is 0. The Morgan fingerprint density at radius 3 is 0.950 bits per heavy atom. The highest BCUT2D eigenvalue weighted by Crippen LogP contribution is 2.56. The first-order chi connectivity index (χ1) is 19.3. The number of hydrogen-bond acceptors (Lipinski definition) is 6. The summed E-state index contributed by atoms with van der Waals surface area (Å²) >= 11 is -3.54. The molecule has 6 nitrogen and oxygen atoms in total. The molecule has 3 atom stereocenters. The van der Waals surface area contributed by atoms with E-state index in [2.05, 4.69) is 0 Å². The molecule has 0 spiro atoms. The van der Waals surface area contributed by atoms with Crippen LogP contribution in [0.5, 0.6) is 0 Å². The summed E-state index contributed by atoms with van der Waals surface area (Å²) in [6.45, 7) is 6.08. The van der Waals surface area contributed by atoms with E-state index in [0.717, 1.165) is 19.3 Å². The smallest absolute Gasteiger partial charge is 0.402 e. The van der Waals surface area contributed by atoms with Crippen LogP contribution in [0.15, 0.2) is 91.0 Å². The molecule has 3 aromatic rings. The van der Waals surface area contributed by atoms with E-state index in [4.69, 9.17) is 10.7 Å². The Morgan fingerprint density at radius 1 is 0.475 bits per heavy atom. The number of hydrogen-bond donors (Lipinski definition) is 0. The lowest BCUT2D eigenvalue weighted by atomic mass is 10.4. The zero-order chi connectivity index (χ0) is 28.9. The van der Waals surface area contributed by atoms with Crippen LogP contribution >= 0.6 is 22.1 Å². The summed E-state index contributed by atoms with van der Waals surface area (Å²) in [4.78, 5) is 0. The summed E-state index contributed by atoms with van der Waals surface area (Å²) in [6.07, 6.45) is 5.37. The quantitative estimate of drug-likeness (QED) is 0.106. The maximum atomic E-state index is 14.5. The van der Waals surface area contributed by atoms with Gasteiger partial charge in [0.1, 0.15) is 0 Å². The summed E-state index contributed by atoms with van der Waals surface area (Å²) in [5.74, 6) is 0. The average molecular weight is 619 g/mol. The second kappa shape index (κ2) is 16.4. The maximum absolute atomic E-state index is 14.5. The van der Waals surface area contributed by atoms with Crippen molar-refractivity contribution in [2.24, 2.45) is 0 Å². The molecule has 0 saturated carbocycles. The van der Waals surface area contributed by atoms with Gasteiger partial charge in [-0.1, -0.05) is 94.6 Å². The fourth-order valence-electron chi connectivity index (χ4n) is 4.27. The van der Waals surface area contributed by atoms with E-state index in [1.54, 1.807) is 36.4 Å². The second-order valence-electron chi connectivity index (χ2n) is 9.86. The Hall–Kier alpha value is -1.24. The van der Waals surface area contributed by atoms with Crippen molar-refractivity contribution >= 4 is 53.2 Å². The fourth-order valence-corrected chi connectivity index (χ4v) is 16.7. The Balaban J connectivity index is 2.10. The van der Waals surface area contributed by atoms with Crippen LogP contribution in [0, 0.1) is 0 Å². The van der Waals surface area contributed by atoms with Gasteiger partial charge in [0.2, 0.25) is 22.1 Å². The van der Waals surface area contributed by atoms with E-state index < -0.39 is 37.3 Å². The summed E-state index contributed by atoms with van der Waals surface area (Å²) < 4.78 is 62.9. The van der Waals surface area contributed by atoms with Crippen LogP contribution in [-0.4, -0.2) is 33.6 Å². The minimum absolute atomic E-state index is 0.291. The van der Waals surface area contributed by atoms with Crippen molar-refractivity contribution in [2.45, 2.75) is 59.3 Å². The molecule has 0 N–H and O–H groups in total. The molecule has 216 valence electrons. The molecule has 10 heteroatoms. The minimum atomic E-state index is -3.54. The van der Waals surface area contributed by atoms with Crippen molar-refractivity contribution < 1.29 is 24.4 Å². The fraction of sp³-hybridized carbons (Fsp3) is 0.400. The molecule has 0 amide bonds. The monoisotopic (exact) mass is 618 g/mol. The number of rotatable bonds is 18. The van der Waals surface area contributed by atoms with E-state index in [1.165, 1.54) is 0 Å². The van der Waals surface area contributed by atoms with Gasteiger partial charge in [-0.05, 0) is 55.7 Å². The molecule has 0 aromatic heterocycles. The lowest BCUT2D eigenvalue weighted by molar-refractivity contribution is 0.312. The molecule has 3 aromatic carbocycles. The van der Waals surface area contributed by atoms with Gasteiger partial charge in [-0.15, -0.1) is 0 Å². The molecule has 40 heavy (non-hydrogen) atoms. The van der Waals surface area contributed by atoms with Crippen LogP contribution in [-0.2, 0) is 24.4 Å². The van der Waals surface area contributed by atoms with Gasteiger partial charge in [0, 0.05) is 34.4 Å². The zero-order valence-corrected chi connectivity index (χ0v) is 27.7. The van der Waals surface area contributed by atoms with Gasteiger partial charge >= 0.3 is 15.1 Å². The molecule has 0 bridgehead atoms. The molecule has 3 rings (SSSR count). The van der Waals surface area contributed by atoms with Crippen LogP contribution in [0.1, 0.15) is 59.3 Å². The summed E-state index contributed by atoms with van der Waals surface area (Å²) in [5, 5.41) is 1.66. The Bertz CT molecular complexity index is 1130. The summed E-state index contributed by atoms with van der Waals surface area (Å²) in [6, 6.07) is 27.2. The van der Waals surface area contributed by atoms with Crippen molar-refractivity contribution in [3.63, 3.8) is 0 Å². The Labute approximate surface area is 245 Å². The second-order valence-corrected chi connectivity index (χ2v) is 19.9. The van der Waals surface area contributed by atoms with E-state index in [1.807, 2.05) is 75.4 Å². The molecular weight excluding hydrogens is 576 g/mol. The average Bonchev–Trinajstić information content (AvgIpc) is 2.99. The molecule has 0 aliphatic carbocycles. The van der Waals surface area contributed by atoms with Gasteiger partial charge in [-0.25, -0.2) is 0 Å². The molecule has 0 fully saturated rings. The van der Waals surface area contributed by atoms with Crippen LogP contribution < -0.4 is 15.9 Å². The largest absolute Gasteiger partial charge is 0.922 e. The lowest BCUT2D eigenvalue weighted by Gasteiger charge is -2.29. The Kier molecular flexibility index (Phi) is 13.7. The highest BCUT2D eigenvalue weighted by Gasteiger charge is 2.50. The predicted molar refractivity (Wildman–Crippen MR) is 169 cm³/mol. The van der Waals surface area contributed by atoms with Crippen LogP contribution in [0.3, 0.4) is 0 Å². The zero-order valence-electron chi connectivity index (χ0n) is 23.9. The normalized spacial score (nSPS) is 16.0. The number of unbranched alkanes of at least 4 members (excludes halogenated alkanes) is 3. The SMILES string of the molecule is CCCCP(=O)([O][Al]([O]P(=O)(CCCC)c1ccccc1)[O]P(=O)(CCCC)c1ccccc1)c1ccccc1. The third-order valence-electron chi connectivity index (χ3n) is 6.64. The van der Waals surface area contributed by atoms with Crippen molar-refractivity contribution in [1.29, 1.82) is 0 Å². The predicted octanol–water partition coefficient (Wildman–Crippen LogP) is 8.23. The highest BCUT2D eigenvalue weighted by atomic mass is 31.2. The molecule has 0 heterocycles. The van der Waals surface area contributed by atoms with Gasteiger partial charge < -0.3 is 10.7 Å². The van der Waals surface area contributed by atoms with Gasteiger partial charge in [0.15, 0.2) is 0 Å². The van der Waals surface area contributed by atoms with Crippen molar-refractivity contribution in [3.8, 4) is 0 Å². The molecule has 0 aliphatic rings. The van der Waals surface area contributed by atoms with E-state index >= 15 is 0 Å². The molecule has 3 unspecified atom stereocenters. The van der Waals surface area contributed by atoms with Crippen molar-refractivity contribution in [3.05, 3.63) is 91.0 Å². The first-order valence-electron chi connectivity index (χ1n) is 14.3. The Morgan fingerprint density at radius 2 is 0.725 bits per heavy atom. The summed E-state index contributed by atoms with van der Waals surface area (Å²) in [7, 11) is -10.4. The number of benzene rings is 3. The molecule has 0 radical (unpaired) electrons. The first kappa shape index (κ1) is 33.3. The van der Waals surface area contributed by atoms with Crippen LogP contribution in [0.4, 0.5) is 0 Å². The van der Waals surface area contributed by atoms with E-state index in [-0.39, 0.29) is 0 Å². The third-order valence-corrected chi connectivity index (χ3v) is 18.8. The topological polar surface area (TPSA) is 78.9 Å². The van der Waals surface area contributed by atoms with Gasteiger partial charge in [0.25, 0.3) is 0 Å². The van der Waals surface area contributed by atoms with Crippen molar-refractivity contribution in [1.82, 2.24) is 0 Å². The van der Waals surface area contributed by atoms with Gasteiger partial charge in [-0.2, -0.15) is 0 Å². The van der Waals surface area contributed by atoms with E-state index in [0.29, 0.717) is 53.7 Å². The van der Waals surface area contributed by atoms with Gasteiger partial charge in [-0.3, -0.25) is 13.7 Å². The standard InChI is InChI=1S/3C10H15O2P.Al/c3*1-2-3-9-13(11,12)10-7-5-4-6-8-10;/h3*4-8H,2-3,9H2,1H3,(H,11,12);/q;;;+3/p-3. The first-order valence-corrected chi connectivity index (χ1v) is 21.1. The van der Waals surface area contributed by atoms with Crippen molar-refractivity contribution in [2.75, 3.05) is 18.5 Å².